The van der Waals surface area contributed by atoms with Gasteiger partial charge in [0.05, 0.1) is 6.08 Å². The summed E-state index contributed by atoms with van der Waals surface area (Å²) in [5.74, 6) is -0.678. The fraction of sp³-hybridized carbons (Fsp3) is 0. The first-order chi connectivity index (χ1) is 12.6. The van der Waals surface area contributed by atoms with Crippen molar-refractivity contribution in [2.24, 2.45) is 0 Å². The third-order valence-corrected chi connectivity index (χ3v) is 3.38. The summed E-state index contributed by atoms with van der Waals surface area (Å²) in [5, 5.41) is 0. The first kappa shape index (κ1) is 17.4. The Hall–Kier alpha value is -3.47. The van der Waals surface area contributed by atoms with Crippen LogP contribution in [0.3, 0.4) is 0 Å². The molecule has 0 N–H and O–H groups in total. The Kier molecular flexibility index (Phi) is 5.39. The van der Waals surface area contributed by atoms with Gasteiger partial charge in [0.15, 0.2) is 0 Å². The maximum Gasteiger partial charge on any atom is 0.339 e. The van der Waals surface area contributed by atoms with E-state index in [2.05, 4.69) is 0 Å². The molecule has 0 aliphatic rings. The molecule has 0 radical (unpaired) electrons. The molecule has 3 nitrogen and oxygen atoms in total. The molecule has 0 unspecified atom stereocenters. The zero-order valence-corrected chi connectivity index (χ0v) is 13.6. The van der Waals surface area contributed by atoms with E-state index >= 15 is 0 Å². The van der Waals surface area contributed by atoms with Gasteiger partial charge in [0, 0.05) is 5.56 Å². The molecule has 0 heterocycles. The molecule has 0 bridgehead atoms. The van der Waals surface area contributed by atoms with Crippen molar-refractivity contribution in [1.82, 2.24) is 0 Å². The van der Waals surface area contributed by atoms with Gasteiger partial charge in [-0.2, -0.15) is 0 Å². The summed E-state index contributed by atoms with van der Waals surface area (Å²) in [7, 11) is 0. The third-order valence-electron chi connectivity index (χ3n) is 3.38. The first-order valence-corrected chi connectivity index (χ1v) is 7.78. The summed E-state index contributed by atoms with van der Waals surface area (Å²) < 4.78 is 36.9. The second-order valence-corrected chi connectivity index (χ2v) is 5.31. The monoisotopic (exact) mass is 352 g/mol. The largest absolute Gasteiger partial charge is 0.456 e. The van der Waals surface area contributed by atoms with Crippen LogP contribution in [-0.4, -0.2) is 5.97 Å². The highest BCUT2D eigenvalue weighted by molar-refractivity contribution is 5.91. The molecule has 0 amide bonds. The number of hydrogen-bond donors (Lipinski definition) is 0. The summed E-state index contributed by atoms with van der Waals surface area (Å²) in [6, 6.07) is 19.5. The predicted molar refractivity (Wildman–Crippen MR) is 93.5 cm³/mol. The first-order valence-electron chi connectivity index (χ1n) is 7.78. The zero-order chi connectivity index (χ0) is 18.4. The Morgan fingerprint density at radius 3 is 1.73 bits per heavy atom. The number of rotatable bonds is 5. The summed E-state index contributed by atoms with van der Waals surface area (Å²) in [6.45, 7) is 0. The van der Waals surface area contributed by atoms with Crippen LogP contribution in [0.15, 0.2) is 84.9 Å². The van der Waals surface area contributed by atoms with Crippen molar-refractivity contribution in [3.05, 3.63) is 102 Å². The molecule has 26 heavy (non-hydrogen) atoms. The molecule has 130 valence electrons. The standard InChI is InChI=1S/C21H14F2O3/c22-16-6-10-18(11-7-16)25-20(15-4-2-1-3-5-15)14-21(24)26-19-12-8-17(23)9-13-19/h1-14H/b20-14+. The lowest BCUT2D eigenvalue weighted by atomic mass is 10.2. The van der Waals surface area contributed by atoms with Crippen LogP contribution in [0.1, 0.15) is 5.56 Å². The van der Waals surface area contributed by atoms with Gasteiger partial charge >= 0.3 is 5.97 Å². The van der Waals surface area contributed by atoms with Crippen LogP contribution in [0.2, 0.25) is 0 Å². The number of carbonyl (C=O) groups excluding carboxylic acids is 1. The van der Waals surface area contributed by atoms with Crippen molar-refractivity contribution >= 4 is 11.7 Å². The Bertz CT molecular complexity index is 902. The van der Waals surface area contributed by atoms with Crippen molar-refractivity contribution in [1.29, 1.82) is 0 Å². The SMILES string of the molecule is O=C(/C=C(/Oc1ccc(F)cc1)c1ccccc1)Oc1ccc(F)cc1. The lowest BCUT2D eigenvalue weighted by Crippen LogP contribution is -2.07. The molecule has 3 aromatic carbocycles. The van der Waals surface area contributed by atoms with Crippen LogP contribution in [0.4, 0.5) is 8.78 Å². The van der Waals surface area contributed by atoms with Crippen molar-refractivity contribution in [3.63, 3.8) is 0 Å². The number of halogens is 2. The molecule has 0 spiro atoms. The Labute approximate surface area is 149 Å². The maximum absolute atomic E-state index is 13.1. The van der Waals surface area contributed by atoms with Gasteiger partial charge in [0.25, 0.3) is 0 Å². The highest BCUT2D eigenvalue weighted by Crippen LogP contribution is 2.22. The van der Waals surface area contributed by atoms with Gasteiger partial charge in [0.2, 0.25) is 0 Å². The number of hydrogen-bond acceptors (Lipinski definition) is 3. The van der Waals surface area contributed by atoms with E-state index in [0.29, 0.717) is 11.3 Å². The fourth-order valence-corrected chi connectivity index (χ4v) is 2.16. The van der Waals surface area contributed by atoms with E-state index in [1.807, 2.05) is 6.07 Å². The molecule has 0 aromatic heterocycles. The molecule has 3 rings (SSSR count). The quantitative estimate of drug-likeness (QED) is 0.281. The molecule has 0 aliphatic heterocycles. The molecule has 0 saturated heterocycles. The minimum atomic E-state index is -0.683. The number of carbonyl (C=O) groups is 1. The van der Waals surface area contributed by atoms with Gasteiger partial charge < -0.3 is 9.47 Å². The van der Waals surface area contributed by atoms with E-state index in [-0.39, 0.29) is 11.5 Å². The van der Waals surface area contributed by atoms with Gasteiger partial charge in [-0.1, -0.05) is 30.3 Å². The topological polar surface area (TPSA) is 35.5 Å². The number of ether oxygens (including phenoxy) is 2. The Balaban J connectivity index is 1.84. The van der Waals surface area contributed by atoms with Crippen molar-refractivity contribution in [3.8, 4) is 11.5 Å². The summed E-state index contributed by atoms with van der Waals surface area (Å²) in [6.07, 6.45) is 1.18. The predicted octanol–water partition coefficient (Wildman–Crippen LogP) is 4.99. The molecule has 0 aliphatic carbocycles. The third kappa shape index (κ3) is 4.77. The summed E-state index contributed by atoms with van der Waals surface area (Å²) in [4.78, 5) is 12.2. The number of benzene rings is 3. The van der Waals surface area contributed by atoms with Gasteiger partial charge in [-0.05, 0) is 48.5 Å². The summed E-state index contributed by atoms with van der Waals surface area (Å²) >= 11 is 0. The van der Waals surface area contributed by atoms with Gasteiger partial charge in [-0.25, -0.2) is 13.6 Å². The molecule has 0 fully saturated rings. The highest BCUT2D eigenvalue weighted by Gasteiger charge is 2.10. The van der Waals surface area contributed by atoms with E-state index in [0.717, 1.165) is 0 Å². The van der Waals surface area contributed by atoms with Crippen molar-refractivity contribution in [2.75, 3.05) is 0 Å². The maximum atomic E-state index is 13.1. The fourth-order valence-electron chi connectivity index (χ4n) is 2.16. The Morgan fingerprint density at radius 1 is 0.692 bits per heavy atom. The average Bonchev–Trinajstić information content (AvgIpc) is 2.65. The molecule has 3 aromatic rings. The van der Waals surface area contributed by atoms with Crippen LogP contribution in [0, 0.1) is 11.6 Å². The highest BCUT2D eigenvalue weighted by atomic mass is 19.1. The molecule has 5 heteroatoms. The van der Waals surface area contributed by atoms with E-state index in [1.54, 1.807) is 24.3 Å². The lowest BCUT2D eigenvalue weighted by Gasteiger charge is -2.10. The Morgan fingerprint density at radius 2 is 1.19 bits per heavy atom. The smallest absolute Gasteiger partial charge is 0.339 e. The second kappa shape index (κ2) is 8.07. The van der Waals surface area contributed by atoms with E-state index in [1.165, 1.54) is 54.6 Å². The van der Waals surface area contributed by atoms with E-state index in [4.69, 9.17) is 9.47 Å². The van der Waals surface area contributed by atoms with Crippen LogP contribution >= 0.6 is 0 Å². The number of esters is 1. The lowest BCUT2D eigenvalue weighted by molar-refractivity contribution is -0.129. The van der Waals surface area contributed by atoms with Crippen LogP contribution in [0.5, 0.6) is 11.5 Å². The van der Waals surface area contributed by atoms with Gasteiger partial charge in [-0.15, -0.1) is 0 Å². The van der Waals surface area contributed by atoms with Crippen LogP contribution < -0.4 is 9.47 Å². The van der Waals surface area contributed by atoms with Crippen LogP contribution in [-0.2, 0) is 4.79 Å². The minimum absolute atomic E-state index is 0.210. The van der Waals surface area contributed by atoms with E-state index < -0.39 is 17.6 Å². The van der Waals surface area contributed by atoms with E-state index in [9.17, 15) is 13.6 Å². The molecular formula is C21H14F2O3. The zero-order valence-electron chi connectivity index (χ0n) is 13.6. The normalized spacial score (nSPS) is 11.1. The van der Waals surface area contributed by atoms with Crippen molar-refractivity contribution in [2.45, 2.75) is 0 Å². The molecule has 0 saturated carbocycles. The van der Waals surface area contributed by atoms with Crippen LogP contribution in [0.25, 0.3) is 5.76 Å². The minimum Gasteiger partial charge on any atom is -0.456 e. The van der Waals surface area contributed by atoms with Gasteiger partial charge in [-0.3, -0.25) is 0 Å². The second-order valence-electron chi connectivity index (χ2n) is 5.31. The molecular weight excluding hydrogens is 338 g/mol. The average molecular weight is 352 g/mol. The van der Waals surface area contributed by atoms with Gasteiger partial charge in [0.1, 0.15) is 28.9 Å². The summed E-state index contributed by atoms with van der Waals surface area (Å²) in [5.41, 5.74) is 0.646. The molecule has 0 atom stereocenters. The van der Waals surface area contributed by atoms with Crippen molar-refractivity contribution < 1.29 is 23.0 Å².